The van der Waals surface area contributed by atoms with E-state index in [0.29, 0.717) is 18.4 Å². The van der Waals surface area contributed by atoms with Gasteiger partial charge in [0.25, 0.3) is 5.56 Å². The summed E-state index contributed by atoms with van der Waals surface area (Å²) in [6.07, 6.45) is 2.41. The van der Waals surface area contributed by atoms with Crippen LogP contribution in [0.4, 0.5) is 0 Å². The van der Waals surface area contributed by atoms with Gasteiger partial charge in [-0.15, -0.1) is 0 Å². The highest BCUT2D eigenvalue weighted by molar-refractivity contribution is 5.12. The van der Waals surface area contributed by atoms with Crippen LogP contribution in [0, 0.1) is 12.8 Å². The largest absolute Gasteiger partial charge is 0.360 e. The molecular weight excluding hydrogens is 280 g/mol. The van der Waals surface area contributed by atoms with Crippen molar-refractivity contribution in [3.63, 3.8) is 0 Å². The van der Waals surface area contributed by atoms with Gasteiger partial charge in [0.15, 0.2) is 5.76 Å². The van der Waals surface area contributed by atoms with Gasteiger partial charge in [-0.05, 0) is 25.8 Å². The number of rotatable bonds is 5. The van der Waals surface area contributed by atoms with Gasteiger partial charge >= 0.3 is 0 Å². The van der Waals surface area contributed by atoms with E-state index >= 15 is 0 Å². The molecule has 1 aliphatic heterocycles. The summed E-state index contributed by atoms with van der Waals surface area (Å²) in [6, 6.07) is 5.52. The molecular formula is C16H20N4O2. The molecule has 2 aromatic heterocycles. The van der Waals surface area contributed by atoms with E-state index in [1.807, 2.05) is 19.1 Å². The van der Waals surface area contributed by atoms with Crippen LogP contribution < -0.4 is 5.56 Å². The lowest BCUT2D eigenvalue weighted by Gasteiger charge is -2.38. The molecule has 1 aliphatic carbocycles. The maximum atomic E-state index is 11.9. The van der Waals surface area contributed by atoms with Crippen LogP contribution >= 0.6 is 0 Å². The fourth-order valence-corrected chi connectivity index (χ4v) is 3.07. The molecule has 3 heterocycles. The van der Waals surface area contributed by atoms with E-state index in [0.717, 1.165) is 36.8 Å². The van der Waals surface area contributed by atoms with Crippen LogP contribution in [0.3, 0.4) is 0 Å². The van der Waals surface area contributed by atoms with E-state index in [1.54, 1.807) is 10.7 Å². The molecule has 2 fully saturated rings. The molecule has 0 aromatic carbocycles. The molecule has 0 spiro atoms. The Balaban J connectivity index is 1.34. The van der Waals surface area contributed by atoms with Crippen molar-refractivity contribution in [2.75, 3.05) is 13.1 Å². The van der Waals surface area contributed by atoms with Gasteiger partial charge in [0.05, 0.1) is 24.5 Å². The standard InChI is InChI=1S/C16H20N4O2/c1-11-6-14(22-18-11)10-19-7-12(8-19)9-20-16(21)5-4-15(17-20)13-2-3-13/h4-6,12-13H,2-3,7-10H2,1H3. The summed E-state index contributed by atoms with van der Waals surface area (Å²) in [5, 5.41) is 8.43. The highest BCUT2D eigenvalue weighted by Crippen LogP contribution is 2.38. The first-order chi connectivity index (χ1) is 10.7. The van der Waals surface area contributed by atoms with Gasteiger partial charge in [-0.2, -0.15) is 5.10 Å². The predicted octanol–water partition coefficient (Wildman–Crippen LogP) is 1.55. The molecule has 0 unspecified atom stereocenters. The summed E-state index contributed by atoms with van der Waals surface area (Å²) >= 11 is 0. The van der Waals surface area contributed by atoms with E-state index in [9.17, 15) is 4.79 Å². The molecule has 0 amide bonds. The van der Waals surface area contributed by atoms with Crippen LogP contribution in [-0.4, -0.2) is 32.9 Å². The molecule has 0 radical (unpaired) electrons. The summed E-state index contributed by atoms with van der Waals surface area (Å²) in [4.78, 5) is 14.2. The lowest BCUT2D eigenvalue weighted by atomic mass is 10.00. The molecule has 6 heteroatoms. The Morgan fingerprint density at radius 2 is 2.14 bits per heavy atom. The zero-order valence-electron chi connectivity index (χ0n) is 12.7. The Bertz CT molecular complexity index is 726. The Kier molecular flexibility index (Phi) is 3.33. The minimum absolute atomic E-state index is 0.00806. The smallest absolute Gasteiger partial charge is 0.266 e. The van der Waals surface area contributed by atoms with Crippen LogP contribution in [-0.2, 0) is 13.1 Å². The molecule has 0 bridgehead atoms. The average molecular weight is 300 g/mol. The first-order valence-electron chi connectivity index (χ1n) is 7.90. The van der Waals surface area contributed by atoms with Crippen LogP contribution in [0.15, 0.2) is 27.5 Å². The summed E-state index contributed by atoms with van der Waals surface area (Å²) in [5.41, 5.74) is 2.00. The van der Waals surface area contributed by atoms with E-state index in [2.05, 4.69) is 15.2 Å². The summed E-state index contributed by atoms with van der Waals surface area (Å²) in [5.74, 6) is 1.98. The first kappa shape index (κ1) is 13.7. The van der Waals surface area contributed by atoms with Gasteiger partial charge in [0.1, 0.15) is 0 Å². The Morgan fingerprint density at radius 3 is 2.82 bits per heavy atom. The molecule has 116 valence electrons. The average Bonchev–Trinajstić information content (AvgIpc) is 3.22. The lowest BCUT2D eigenvalue weighted by Crippen LogP contribution is -2.48. The topological polar surface area (TPSA) is 64.2 Å². The number of hydrogen-bond donors (Lipinski definition) is 0. The summed E-state index contributed by atoms with van der Waals surface area (Å²) in [6.45, 7) is 5.38. The van der Waals surface area contributed by atoms with E-state index in [-0.39, 0.29) is 5.56 Å². The third-order valence-corrected chi connectivity index (χ3v) is 4.40. The number of aromatic nitrogens is 3. The van der Waals surface area contributed by atoms with Crippen molar-refractivity contribution in [1.29, 1.82) is 0 Å². The number of aryl methyl sites for hydroxylation is 1. The van der Waals surface area contributed by atoms with Gasteiger partial charge < -0.3 is 4.52 Å². The van der Waals surface area contributed by atoms with E-state index in [4.69, 9.17) is 4.52 Å². The number of hydrogen-bond acceptors (Lipinski definition) is 5. The fraction of sp³-hybridized carbons (Fsp3) is 0.562. The Morgan fingerprint density at radius 1 is 1.32 bits per heavy atom. The monoisotopic (exact) mass is 300 g/mol. The van der Waals surface area contributed by atoms with Gasteiger partial charge in [-0.1, -0.05) is 5.16 Å². The van der Waals surface area contributed by atoms with E-state index in [1.165, 1.54) is 12.8 Å². The van der Waals surface area contributed by atoms with Gasteiger partial charge in [0, 0.05) is 37.1 Å². The normalized spacial score (nSPS) is 19.3. The van der Waals surface area contributed by atoms with Crippen molar-refractivity contribution in [1.82, 2.24) is 19.8 Å². The van der Waals surface area contributed by atoms with Gasteiger partial charge in [-0.3, -0.25) is 9.69 Å². The molecule has 2 aromatic rings. The minimum Gasteiger partial charge on any atom is -0.360 e. The SMILES string of the molecule is Cc1cc(CN2CC(Cn3nc(C4CC4)ccc3=O)C2)on1. The second kappa shape index (κ2) is 5.35. The molecule has 0 atom stereocenters. The van der Waals surface area contributed by atoms with Crippen molar-refractivity contribution in [3.05, 3.63) is 45.7 Å². The molecule has 2 aliphatic rings. The third kappa shape index (κ3) is 2.83. The van der Waals surface area contributed by atoms with E-state index < -0.39 is 0 Å². The Hall–Kier alpha value is -1.95. The highest BCUT2D eigenvalue weighted by atomic mass is 16.5. The highest BCUT2D eigenvalue weighted by Gasteiger charge is 2.29. The van der Waals surface area contributed by atoms with Crippen molar-refractivity contribution in [2.45, 2.75) is 38.8 Å². The molecule has 1 saturated carbocycles. The van der Waals surface area contributed by atoms with Crippen molar-refractivity contribution < 1.29 is 4.52 Å². The Labute approximate surface area is 128 Å². The zero-order valence-corrected chi connectivity index (χ0v) is 12.7. The second-order valence-electron chi connectivity index (χ2n) is 6.55. The fourth-order valence-electron chi connectivity index (χ4n) is 3.07. The number of nitrogens with zero attached hydrogens (tertiary/aromatic N) is 4. The van der Waals surface area contributed by atoms with Crippen LogP contribution in [0.2, 0.25) is 0 Å². The minimum atomic E-state index is 0.00806. The third-order valence-electron chi connectivity index (χ3n) is 4.40. The van der Waals surface area contributed by atoms with Crippen LogP contribution in [0.1, 0.15) is 35.9 Å². The zero-order chi connectivity index (χ0) is 15.1. The molecule has 22 heavy (non-hydrogen) atoms. The molecule has 1 saturated heterocycles. The molecule has 4 rings (SSSR count). The quantitative estimate of drug-likeness (QED) is 0.838. The maximum Gasteiger partial charge on any atom is 0.266 e. The lowest BCUT2D eigenvalue weighted by molar-refractivity contribution is 0.0675. The molecule has 6 nitrogen and oxygen atoms in total. The van der Waals surface area contributed by atoms with Crippen molar-refractivity contribution in [3.8, 4) is 0 Å². The summed E-state index contributed by atoms with van der Waals surface area (Å²) in [7, 11) is 0. The summed E-state index contributed by atoms with van der Waals surface area (Å²) < 4.78 is 6.88. The maximum absolute atomic E-state index is 11.9. The van der Waals surface area contributed by atoms with Gasteiger partial charge in [0.2, 0.25) is 0 Å². The second-order valence-corrected chi connectivity index (χ2v) is 6.55. The molecule has 0 N–H and O–H groups in total. The first-order valence-corrected chi connectivity index (χ1v) is 7.90. The number of likely N-dealkylation sites (tertiary alicyclic amines) is 1. The van der Waals surface area contributed by atoms with Crippen molar-refractivity contribution in [2.24, 2.45) is 5.92 Å². The van der Waals surface area contributed by atoms with Gasteiger partial charge in [-0.25, -0.2) is 4.68 Å². The van der Waals surface area contributed by atoms with Crippen LogP contribution in [0.5, 0.6) is 0 Å². The predicted molar refractivity (Wildman–Crippen MR) is 80.5 cm³/mol. The van der Waals surface area contributed by atoms with Crippen LogP contribution in [0.25, 0.3) is 0 Å². The van der Waals surface area contributed by atoms with Crippen molar-refractivity contribution >= 4 is 0 Å².